The third-order valence-electron chi connectivity index (χ3n) is 2.91. The Morgan fingerprint density at radius 3 is 2.10 bits per heavy atom. The summed E-state index contributed by atoms with van der Waals surface area (Å²) in [5, 5.41) is 0. The van der Waals surface area contributed by atoms with Crippen LogP contribution in [0.1, 0.15) is 40.9 Å². The normalized spacial score (nSPS) is 13.6. The summed E-state index contributed by atoms with van der Waals surface area (Å²) in [7, 11) is 0. The Bertz CT molecular complexity index is 606. The van der Waals surface area contributed by atoms with Crippen LogP contribution in [0.2, 0.25) is 0 Å². The average Bonchev–Trinajstić information content (AvgIpc) is 2.75. The second kappa shape index (κ2) is 5.85. The summed E-state index contributed by atoms with van der Waals surface area (Å²) in [6.45, 7) is 6.35. The molecule has 0 N–H and O–H groups in total. The molecule has 2 rings (SSSR count). The van der Waals surface area contributed by atoms with Crippen molar-refractivity contribution in [1.29, 1.82) is 0 Å². The number of halogens is 4. The topological polar surface area (TPSA) is 0 Å². The van der Waals surface area contributed by atoms with Crippen molar-refractivity contribution >= 4 is 43.2 Å². The molecule has 0 saturated heterocycles. The Hall–Kier alpha value is -0.260. The van der Waals surface area contributed by atoms with E-state index >= 15 is 0 Å². The minimum Gasteiger partial charge on any atom is -0.206 e. The zero-order chi connectivity index (χ0) is 15.1. The van der Waals surface area contributed by atoms with Crippen LogP contribution in [0, 0.1) is 11.6 Å². The smallest absolute Gasteiger partial charge is 0.131 e. The van der Waals surface area contributed by atoms with Crippen LogP contribution in [0.5, 0.6) is 0 Å². The molecule has 1 heterocycles. The van der Waals surface area contributed by atoms with Crippen molar-refractivity contribution in [3.63, 3.8) is 0 Å². The highest BCUT2D eigenvalue weighted by Gasteiger charge is 2.24. The van der Waals surface area contributed by atoms with Gasteiger partial charge in [-0.3, -0.25) is 0 Å². The lowest BCUT2D eigenvalue weighted by atomic mass is 9.95. The Kier molecular flexibility index (Phi) is 4.72. The van der Waals surface area contributed by atoms with Crippen molar-refractivity contribution in [1.82, 2.24) is 0 Å². The molecular formula is C15H14Br2F2S. The Balaban J connectivity index is 2.42. The predicted molar refractivity (Wildman–Crippen MR) is 87.8 cm³/mol. The maximum atomic E-state index is 14.0. The van der Waals surface area contributed by atoms with Gasteiger partial charge in [0.1, 0.15) is 11.6 Å². The summed E-state index contributed by atoms with van der Waals surface area (Å²) in [5.74, 6) is -1.10. The maximum Gasteiger partial charge on any atom is 0.131 e. The molecule has 1 unspecified atom stereocenters. The lowest BCUT2D eigenvalue weighted by Gasteiger charge is -2.16. The fourth-order valence-electron chi connectivity index (χ4n) is 1.83. The second-order valence-electron chi connectivity index (χ2n) is 5.60. The van der Waals surface area contributed by atoms with E-state index in [2.05, 4.69) is 52.6 Å². The first-order chi connectivity index (χ1) is 9.20. The van der Waals surface area contributed by atoms with Crippen LogP contribution in [-0.2, 0) is 5.41 Å². The Labute approximate surface area is 138 Å². The van der Waals surface area contributed by atoms with E-state index in [0.717, 1.165) is 4.88 Å². The van der Waals surface area contributed by atoms with Crippen molar-refractivity contribution < 1.29 is 8.78 Å². The summed E-state index contributed by atoms with van der Waals surface area (Å²) in [6, 6.07) is 6.50. The maximum absolute atomic E-state index is 14.0. The highest BCUT2D eigenvalue weighted by molar-refractivity contribution is 9.10. The number of alkyl halides is 1. The molecule has 0 radical (unpaired) electrons. The van der Waals surface area contributed by atoms with E-state index in [1.807, 2.05) is 12.1 Å². The monoisotopic (exact) mass is 422 g/mol. The third-order valence-corrected chi connectivity index (χ3v) is 6.20. The van der Waals surface area contributed by atoms with Gasteiger partial charge in [0.15, 0.2) is 0 Å². The van der Waals surface area contributed by atoms with Gasteiger partial charge in [0, 0.05) is 19.8 Å². The first kappa shape index (κ1) is 16.1. The molecule has 0 nitrogen and oxygen atoms in total. The molecule has 0 saturated carbocycles. The van der Waals surface area contributed by atoms with Gasteiger partial charge in [-0.2, -0.15) is 0 Å². The molecule has 0 fully saturated rings. The molecular weight excluding hydrogens is 410 g/mol. The van der Waals surface area contributed by atoms with Crippen LogP contribution in [0.4, 0.5) is 8.78 Å². The molecule has 2 aromatic rings. The third kappa shape index (κ3) is 3.31. The van der Waals surface area contributed by atoms with Crippen molar-refractivity contribution in [2.75, 3.05) is 0 Å². The summed E-state index contributed by atoms with van der Waals surface area (Å²) >= 11 is 8.08. The van der Waals surface area contributed by atoms with Gasteiger partial charge in [0.05, 0.1) is 4.83 Å². The van der Waals surface area contributed by atoms with E-state index in [0.29, 0.717) is 4.47 Å². The molecule has 0 amide bonds. The van der Waals surface area contributed by atoms with Gasteiger partial charge in [-0.15, -0.1) is 11.3 Å². The zero-order valence-corrected chi connectivity index (χ0v) is 15.3. The van der Waals surface area contributed by atoms with Crippen LogP contribution >= 0.6 is 43.2 Å². The number of benzene rings is 1. The lowest BCUT2D eigenvalue weighted by molar-refractivity contribution is 0.560. The highest BCUT2D eigenvalue weighted by Crippen LogP contribution is 2.41. The molecule has 0 aliphatic rings. The molecule has 1 aromatic carbocycles. The summed E-state index contributed by atoms with van der Waals surface area (Å²) in [4.78, 5) is 1.61. The minimum atomic E-state index is -0.551. The quantitative estimate of drug-likeness (QED) is 0.479. The SMILES string of the molecule is CC(C)(C)c1ccc(C(Br)c2c(F)cc(Br)cc2F)s1. The first-order valence-electron chi connectivity index (χ1n) is 6.09. The number of hydrogen-bond donors (Lipinski definition) is 0. The highest BCUT2D eigenvalue weighted by atomic mass is 79.9. The van der Waals surface area contributed by atoms with Crippen LogP contribution in [0.15, 0.2) is 28.7 Å². The predicted octanol–water partition coefficient (Wildman–Crippen LogP) is 6.57. The van der Waals surface area contributed by atoms with E-state index in [1.54, 1.807) is 11.3 Å². The molecule has 0 aliphatic heterocycles. The molecule has 0 aliphatic carbocycles. The van der Waals surface area contributed by atoms with E-state index in [-0.39, 0.29) is 11.0 Å². The molecule has 5 heteroatoms. The fourth-order valence-corrected chi connectivity index (χ4v) is 4.16. The van der Waals surface area contributed by atoms with Gasteiger partial charge < -0.3 is 0 Å². The molecule has 108 valence electrons. The molecule has 20 heavy (non-hydrogen) atoms. The summed E-state index contributed by atoms with van der Waals surface area (Å²) < 4.78 is 28.4. The van der Waals surface area contributed by atoms with Gasteiger partial charge in [-0.1, -0.05) is 52.6 Å². The molecule has 0 spiro atoms. The lowest BCUT2D eigenvalue weighted by Crippen LogP contribution is -2.07. The van der Waals surface area contributed by atoms with Crippen LogP contribution in [0.3, 0.4) is 0 Å². The first-order valence-corrected chi connectivity index (χ1v) is 8.61. The Morgan fingerprint density at radius 2 is 1.65 bits per heavy atom. The number of hydrogen-bond acceptors (Lipinski definition) is 1. The molecule has 1 atom stereocenters. The van der Waals surface area contributed by atoms with Gasteiger partial charge in [-0.05, 0) is 29.7 Å². The number of thiophene rings is 1. The van der Waals surface area contributed by atoms with E-state index in [4.69, 9.17) is 0 Å². The number of rotatable bonds is 2. The minimum absolute atomic E-state index is 0.0342. The van der Waals surface area contributed by atoms with E-state index in [1.165, 1.54) is 17.0 Å². The standard InChI is InChI=1S/C15H14Br2F2S/c1-15(2,3)12-5-4-11(20-12)14(17)13-9(18)6-8(16)7-10(13)19/h4-7,14H,1-3H3. The largest absolute Gasteiger partial charge is 0.206 e. The van der Waals surface area contributed by atoms with Crippen molar-refractivity contribution in [3.05, 3.63) is 55.7 Å². The van der Waals surface area contributed by atoms with Crippen LogP contribution in [0.25, 0.3) is 0 Å². The van der Waals surface area contributed by atoms with Crippen molar-refractivity contribution in [2.45, 2.75) is 31.0 Å². The van der Waals surface area contributed by atoms with Crippen molar-refractivity contribution in [3.8, 4) is 0 Å². The van der Waals surface area contributed by atoms with Crippen molar-refractivity contribution in [2.24, 2.45) is 0 Å². The molecule has 1 aromatic heterocycles. The van der Waals surface area contributed by atoms with Gasteiger partial charge in [0.25, 0.3) is 0 Å². The second-order valence-corrected chi connectivity index (χ2v) is 8.54. The zero-order valence-electron chi connectivity index (χ0n) is 11.3. The van der Waals surface area contributed by atoms with E-state index in [9.17, 15) is 8.78 Å². The fraction of sp³-hybridized carbons (Fsp3) is 0.333. The van der Waals surface area contributed by atoms with Crippen LogP contribution in [-0.4, -0.2) is 0 Å². The Morgan fingerprint density at radius 1 is 1.10 bits per heavy atom. The average molecular weight is 424 g/mol. The van der Waals surface area contributed by atoms with Crippen LogP contribution < -0.4 is 0 Å². The summed E-state index contributed by atoms with van der Waals surface area (Å²) in [6.07, 6.45) is 0. The van der Waals surface area contributed by atoms with Gasteiger partial charge >= 0.3 is 0 Å². The summed E-state index contributed by atoms with van der Waals surface area (Å²) in [5.41, 5.74) is 0.0856. The molecule has 0 bridgehead atoms. The van der Waals surface area contributed by atoms with Gasteiger partial charge in [-0.25, -0.2) is 8.78 Å². The van der Waals surface area contributed by atoms with Gasteiger partial charge in [0.2, 0.25) is 0 Å². The van der Waals surface area contributed by atoms with E-state index < -0.39 is 16.5 Å².